The molecule has 1 aromatic carbocycles. The van der Waals surface area contributed by atoms with Crippen molar-refractivity contribution in [1.82, 2.24) is 5.32 Å². The smallest absolute Gasteiger partial charge is 0.416 e. The van der Waals surface area contributed by atoms with Crippen LogP contribution in [0.1, 0.15) is 32.3 Å². The molecule has 1 aromatic rings. The van der Waals surface area contributed by atoms with Crippen LogP contribution in [0.15, 0.2) is 24.3 Å². The zero-order valence-corrected chi connectivity index (χ0v) is 13.0. The van der Waals surface area contributed by atoms with Crippen LogP contribution in [0.3, 0.4) is 0 Å². The Labute approximate surface area is 133 Å². The molecular formula is C16H20F3NO3. The number of hydrogen-bond acceptors (Lipinski definition) is 3. The monoisotopic (exact) mass is 331 g/mol. The highest BCUT2D eigenvalue weighted by Gasteiger charge is 2.31. The van der Waals surface area contributed by atoms with Gasteiger partial charge in [-0.15, -0.1) is 0 Å². The molecule has 7 heteroatoms. The van der Waals surface area contributed by atoms with E-state index in [1.54, 1.807) is 0 Å². The van der Waals surface area contributed by atoms with E-state index in [0.717, 1.165) is 25.0 Å². The van der Waals surface area contributed by atoms with Gasteiger partial charge in [0, 0.05) is 6.61 Å². The van der Waals surface area contributed by atoms with Gasteiger partial charge in [-0.1, -0.05) is 6.07 Å². The molecule has 2 rings (SSSR count). The number of benzene rings is 1. The van der Waals surface area contributed by atoms with Gasteiger partial charge in [-0.05, 0) is 44.9 Å². The van der Waals surface area contributed by atoms with Gasteiger partial charge in [0.25, 0.3) is 5.91 Å². The molecule has 1 saturated heterocycles. The van der Waals surface area contributed by atoms with Crippen LogP contribution in [-0.4, -0.2) is 30.8 Å². The number of carbonyl (C=O) groups is 1. The summed E-state index contributed by atoms with van der Waals surface area (Å²) in [7, 11) is 0. The van der Waals surface area contributed by atoms with Crippen LogP contribution in [0, 0.1) is 0 Å². The first-order valence-corrected chi connectivity index (χ1v) is 7.53. The molecule has 0 saturated carbocycles. The summed E-state index contributed by atoms with van der Waals surface area (Å²) in [5.41, 5.74) is -0.810. The lowest BCUT2D eigenvalue weighted by atomic mass is 10.1. The normalized spacial score (nSPS) is 20.8. The molecule has 0 unspecified atom stereocenters. The molecule has 0 radical (unpaired) electrons. The Hall–Kier alpha value is -1.76. The van der Waals surface area contributed by atoms with Crippen LogP contribution >= 0.6 is 0 Å². The Morgan fingerprint density at radius 1 is 1.39 bits per heavy atom. The van der Waals surface area contributed by atoms with E-state index in [4.69, 9.17) is 9.47 Å². The van der Waals surface area contributed by atoms with Crippen molar-refractivity contribution in [3.8, 4) is 5.75 Å². The lowest BCUT2D eigenvalue weighted by Crippen LogP contribution is -2.46. The summed E-state index contributed by atoms with van der Waals surface area (Å²) in [6, 6.07) is 4.31. The number of rotatable bonds is 5. The third-order valence-electron chi connectivity index (χ3n) is 3.74. The largest absolute Gasteiger partial charge is 0.481 e. The molecule has 23 heavy (non-hydrogen) atoms. The summed E-state index contributed by atoms with van der Waals surface area (Å²) in [5.74, 6) is -0.377. The van der Waals surface area contributed by atoms with E-state index in [-0.39, 0.29) is 23.8 Å². The average Bonchev–Trinajstić information content (AvgIpc) is 3.00. The number of amides is 1. The van der Waals surface area contributed by atoms with E-state index in [0.29, 0.717) is 6.61 Å². The SMILES string of the molecule is C[C@H](NC(=O)[C@@H](C)Oc1cccc(C(F)(F)F)c1)[C@@H]1CCCO1. The molecule has 1 fully saturated rings. The number of hydrogen-bond donors (Lipinski definition) is 1. The molecule has 1 aliphatic rings. The van der Waals surface area contributed by atoms with Gasteiger partial charge in [0.2, 0.25) is 0 Å². The number of carbonyl (C=O) groups excluding carboxylic acids is 1. The molecule has 0 bridgehead atoms. The van der Waals surface area contributed by atoms with Gasteiger partial charge in [-0.2, -0.15) is 13.2 Å². The first-order valence-electron chi connectivity index (χ1n) is 7.53. The van der Waals surface area contributed by atoms with E-state index < -0.39 is 17.8 Å². The van der Waals surface area contributed by atoms with Gasteiger partial charge in [-0.25, -0.2) is 0 Å². The van der Waals surface area contributed by atoms with E-state index in [2.05, 4.69) is 5.32 Å². The molecule has 1 N–H and O–H groups in total. The molecule has 0 aliphatic carbocycles. The number of alkyl halides is 3. The van der Waals surface area contributed by atoms with E-state index in [9.17, 15) is 18.0 Å². The zero-order valence-electron chi connectivity index (χ0n) is 13.0. The molecule has 3 atom stereocenters. The number of ether oxygens (including phenoxy) is 2. The minimum absolute atomic E-state index is 0.00671. The second kappa shape index (κ2) is 7.21. The zero-order chi connectivity index (χ0) is 17.0. The van der Waals surface area contributed by atoms with Crippen LogP contribution in [0.4, 0.5) is 13.2 Å². The third-order valence-corrected chi connectivity index (χ3v) is 3.74. The first-order chi connectivity index (χ1) is 10.8. The van der Waals surface area contributed by atoms with Crippen LogP contribution in [-0.2, 0) is 15.7 Å². The summed E-state index contributed by atoms with van der Waals surface area (Å²) >= 11 is 0. The van der Waals surface area contributed by atoms with E-state index in [1.165, 1.54) is 19.1 Å². The van der Waals surface area contributed by atoms with Crippen LogP contribution in [0.25, 0.3) is 0 Å². The van der Waals surface area contributed by atoms with Crippen molar-refractivity contribution in [2.45, 2.75) is 51.1 Å². The molecule has 1 aliphatic heterocycles. The molecule has 4 nitrogen and oxygen atoms in total. The van der Waals surface area contributed by atoms with Crippen LogP contribution < -0.4 is 10.1 Å². The second-order valence-corrected chi connectivity index (χ2v) is 5.63. The number of halogens is 3. The minimum Gasteiger partial charge on any atom is -0.481 e. The fraction of sp³-hybridized carbons (Fsp3) is 0.562. The molecule has 1 heterocycles. The maximum atomic E-state index is 12.7. The fourth-order valence-corrected chi connectivity index (χ4v) is 2.43. The topological polar surface area (TPSA) is 47.6 Å². The maximum absolute atomic E-state index is 12.7. The number of nitrogens with one attached hydrogen (secondary N) is 1. The second-order valence-electron chi connectivity index (χ2n) is 5.63. The first kappa shape index (κ1) is 17.6. The van der Waals surface area contributed by atoms with Crippen molar-refractivity contribution in [2.75, 3.05) is 6.61 Å². The van der Waals surface area contributed by atoms with Gasteiger partial charge in [-0.3, -0.25) is 4.79 Å². The van der Waals surface area contributed by atoms with Crippen molar-refractivity contribution in [3.05, 3.63) is 29.8 Å². The summed E-state index contributed by atoms with van der Waals surface area (Å²) in [6.45, 7) is 4.02. The fourth-order valence-electron chi connectivity index (χ4n) is 2.43. The lowest BCUT2D eigenvalue weighted by molar-refractivity contribution is -0.137. The summed E-state index contributed by atoms with van der Waals surface area (Å²) in [4.78, 5) is 12.1. The van der Waals surface area contributed by atoms with Crippen molar-refractivity contribution >= 4 is 5.91 Å². The molecule has 1 amide bonds. The van der Waals surface area contributed by atoms with Crippen LogP contribution in [0.5, 0.6) is 5.75 Å². The standard InChI is InChI=1S/C16H20F3NO3/c1-10(14-7-4-8-22-14)20-15(21)11(2)23-13-6-3-5-12(9-13)16(17,18)19/h3,5-6,9-11,14H,4,7-8H2,1-2H3,(H,20,21)/t10-,11+,14-/m0/s1. The maximum Gasteiger partial charge on any atom is 0.416 e. The van der Waals surface area contributed by atoms with Gasteiger partial charge in [0.05, 0.1) is 17.7 Å². The Morgan fingerprint density at radius 3 is 2.74 bits per heavy atom. The van der Waals surface area contributed by atoms with Crippen molar-refractivity contribution in [1.29, 1.82) is 0 Å². The Morgan fingerprint density at radius 2 is 2.13 bits per heavy atom. The molecular weight excluding hydrogens is 311 g/mol. The Bertz CT molecular complexity index is 542. The quantitative estimate of drug-likeness (QED) is 0.902. The lowest BCUT2D eigenvalue weighted by Gasteiger charge is -2.22. The Kier molecular flexibility index (Phi) is 5.51. The third kappa shape index (κ3) is 4.86. The van der Waals surface area contributed by atoms with E-state index in [1.807, 2.05) is 6.92 Å². The molecule has 0 aromatic heterocycles. The highest BCUT2D eigenvalue weighted by molar-refractivity contribution is 5.81. The average molecular weight is 331 g/mol. The molecule has 0 spiro atoms. The highest BCUT2D eigenvalue weighted by Crippen LogP contribution is 2.31. The van der Waals surface area contributed by atoms with Crippen molar-refractivity contribution in [2.24, 2.45) is 0 Å². The van der Waals surface area contributed by atoms with Gasteiger partial charge in [0.15, 0.2) is 6.10 Å². The van der Waals surface area contributed by atoms with Gasteiger partial charge < -0.3 is 14.8 Å². The van der Waals surface area contributed by atoms with Crippen molar-refractivity contribution < 1.29 is 27.4 Å². The summed E-state index contributed by atoms with van der Waals surface area (Å²) < 4.78 is 48.8. The van der Waals surface area contributed by atoms with Gasteiger partial charge in [0.1, 0.15) is 5.75 Å². The van der Waals surface area contributed by atoms with Gasteiger partial charge >= 0.3 is 6.18 Å². The Balaban J connectivity index is 1.93. The minimum atomic E-state index is -4.45. The van der Waals surface area contributed by atoms with E-state index >= 15 is 0 Å². The predicted molar refractivity (Wildman–Crippen MR) is 78.1 cm³/mol. The predicted octanol–water partition coefficient (Wildman–Crippen LogP) is 3.16. The highest BCUT2D eigenvalue weighted by atomic mass is 19.4. The van der Waals surface area contributed by atoms with Crippen molar-refractivity contribution in [3.63, 3.8) is 0 Å². The summed E-state index contributed by atoms with van der Waals surface area (Å²) in [6.07, 6.45) is -3.54. The summed E-state index contributed by atoms with van der Waals surface area (Å²) in [5, 5.41) is 2.78. The van der Waals surface area contributed by atoms with Crippen LogP contribution in [0.2, 0.25) is 0 Å². The molecule has 128 valence electrons.